The summed E-state index contributed by atoms with van der Waals surface area (Å²) in [4.78, 5) is 11.7. The van der Waals surface area contributed by atoms with Crippen LogP contribution in [0.2, 0.25) is 0 Å². The second kappa shape index (κ2) is 6.45. The van der Waals surface area contributed by atoms with Gasteiger partial charge in [-0.05, 0) is 47.5 Å². The minimum Gasteiger partial charge on any atom is -0.490 e. The summed E-state index contributed by atoms with van der Waals surface area (Å²) in [6.07, 6.45) is 0.833. The van der Waals surface area contributed by atoms with Crippen molar-refractivity contribution >= 4 is 21.8 Å². The van der Waals surface area contributed by atoms with E-state index in [-0.39, 0.29) is 6.04 Å². The topological polar surface area (TPSA) is 73.6 Å². The molecule has 1 heterocycles. The Labute approximate surface area is 126 Å². The van der Waals surface area contributed by atoms with Gasteiger partial charge in [-0.3, -0.25) is 10.1 Å². The van der Waals surface area contributed by atoms with Gasteiger partial charge in [0, 0.05) is 12.5 Å². The molecule has 0 aliphatic carbocycles. The van der Waals surface area contributed by atoms with Crippen LogP contribution >= 0.6 is 15.9 Å². The largest absolute Gasteiger partial charge is 0.490 e. The van der Waals surface area contributed by atoms with E-state index >= 15 is 0 Å². The molecule has 110 valence electrons. The molecule has 0 spiro atoms. The predicted octanol–water partition coefficient (Wildman–Crippen LogP) is 2.13. The minimum atomic E-state index is -0.552. The summed E-state index contributed by atoms with van der Waals surface area (Å²) in [5.74, 6) is 0.905. The van der Waals surface area contributed by atoms with Crippen molar-refractivity contribution in [3.8, 4) is 11.5 Å². The smallest absolute Gasteiger partial charge is 0.239 e. The summed E-state index contributed by atoms with van der Waals surface area (Å²) in [6, 6.07) is 3.25. The highest BCUT2D eigenvalue weighted by Gasteiger charge is 2.23. The number of benzene rings is 1. The lowest BCUT2D eigenvalue weighted by Gasteiger charge is -2.20. The Morgan fingerprint density at radius 3 is 2.70 bits per heavy atom. The molecule has 6 heteroatoms. The number of nitrogens with one attached hydrogen (secondary N) is 1. The molecule has 1 unspecified atom stereocenters. The van der Waals surface area contributed by atoms with E-state index in [1.54, 1.807) is 0 Å². The molecule has 2 rings (SSSR count). The average Bonchev–Trinajstić information content (AvgIpc) is 2.60. The van der Waals surface area contributed by atoms with Crippen LogP contribution in [0.15, 0.2) is 16.6 Å². The molecule has 1 atom stereocenters. The Bertz CT molecular complexity index is 505. The first-order chi connectivity index (χ1) is 9.49. The van der Waals surface area contributed by atoms with Gasteiger partial charge in [0.25, 0.3) is 0 Å². The maximum Gasteiger partial charge on any atom is 0.239 e. The van der Waals surface area contributed by atoms with Crippen molar-refractivity contribution in [2.75, 3.05) is 13.2 Å². The molecule has 0 aromatic heterocycles. The standard InChI is InChI=1S/C14H19BrN2O3/c1-8(2)17-12(14(16)18)9-6-10(15)13-11(7-9)19-4-3-5-20-13/h6-8,12,17H,3-5H2,1-2H3,(H2,16,18). The molecule has 0 bridgehead atoms. The fourth-order valence-corrected chi connectivity index (χ4v) is 2.67. The number of primary amides is 1. The highest BCUT2D eigenvalue weighted by atomic mass is 79.9. The number of rotatable bonds is 4. The van der Waals surface area contributed by atoms with Gasteiger partial charge in [0.2, 0.25) is 5.91 Å². The lowest BCUT2D eigenvalue weighted by Crippen LogP contribution is -2.37. The third-order valence-corrected chi connectivity index (χ3v) is 3.53. The SMILES string of the molecule is CC(C)NC(C(N)=O)c1cc(Br)c2c(c1)OCCCO2. The second-order valence-corrected chi connectivity index (χ2v) is 5.89. The van der Waals surface area contributed by atoms with Gasteiger partial charge in [-0.1, -0.05) is 0 Å². The van der Waals surface area contributed by atoms with E-state index in [2.05, 4.69) is 21.2 Å². The van der Waals surface area contributed by atoms with Gasteiger partial charge in [-0.15, -0.1) is 0 Å². The molecule has 0 fully saturated rings. The molecular formula is C14H19BrN2O3. The predicted molar refractivity (Wildman–Crippen MR) is 80.0 cm³/mol. The zero-order valence-electron chi connectivity index (χ0n) is 11.6. The van der Waals surface area contributed by atoms with Crippen LogP contribution < -0.4 is 20.5 Å². The van der Waals surface area contributed by atoms with E-state index in [4.69, 9.17) is 15.2 Å². The van der Waals surface area contributed by atoms with Gasteiger partial charge >= 0.3 is 0 Å². The molecule has 3 N–H and O–H groups in total. The quantitative estimate of drug-likeness (QED) is 0.879. The molecule has 1 aromatic carbocycles. The van der Waals surface area contributed by atoms with E-state index in [1.165, 1.54) is 0 Å². The first kappa shape index (κ1) is 15.1. The average molecular weight is 343 g/mol. The highest BCUT2D eigenvalue weighted by Crippen LogP contribution is 2.39. The molecule has 0 radical (unpaired) electrons. The fourth-order valence-electron chi connectivity index (χ4n) is 2.09. The van der Waals surface area contributed by atoms with Crippen molar-refractivity contribution in [1.29, 1.82) is 0 Å². The van der Waals surface area contributed by atoms with E-state index < -0.39 is 11.9 Å². The molecule has 1 aromatic rings. The first-order valence-corrected chi connectivity index (χ1v) is 7.42. The summed E-state index contributed by atoms with van der Waals surface area (Å²) in [5.41, 5.74) is 6.25. The Kier molecular flexibility index (Phi) is 4.88. The van der Waals surface area contributed by atoms with Crippen LogP contribution in [0.25, 0.3) is 0 Å². The van der Waals surface area contributed by atoms with Gasteiger partial charge in [0.05, 0.1) is 17.7 Å². The number of halogens is 1. The van der Waals surface area contributed by atoms with Gasteiger partial charge < -0.3 is 15.2 Å². The zero-order chi connectivity index (χ0) is 14.7. The van der Waals surface area contributed by atoms with Crippen molar-refractivity contribution in [2.45, 2.75) is 32.4 Å². The van der Waals surface area contributed by atoms with Crippen LogP contribution in [0.1, 0.15) is 31.9 Å². The van der Waals surface area contributed by atoms with Crippen molar-refractivity contribution in [3.63, 3.8) is 0 Å². The molecule has 0 saturated carbocycles. The van der Waals surface area contributed by atoms with E-state index in [9.17, 15) is 4.79 Å². The Balaban J connectivity index is 2.38. The van der Waals surface area contributed by atoms with Crippen LogP contribution in [0.3, 0.4) is 0 Å². The molecule has 1 amide bonds. The van der Waals surface area contributed by atoms with Crippen LogP contribution in [0.5, 0.6) is 11.5 Å². The molecule has 1 aliphatic rings. The zero-order valence-corrected chi connectivity index (χ0v) is 13.2. The number of nitrogens with two attached hydrogens (primary N) is 1. The van der Waals surface area contributed by atoms with Gasteiger partial charge in [0.15, 0.2) is 11.5 Å². The summed E-state index contributed by atoms with van der Waals surface area (Å²) in [6.45, 7) is 5.15. The number of hydrogen-bond donors (Lipinski definition) is 2. The molecule has 0 saturated heterocycles. The second-order valence-electron chi connectivity index (χ2n) is 5.04. The summed E-state index contributed by atoms with van der Waals surface area (Å²) < 4.78 is 12.1. The number of amides is 1. The molecule has 5 nitrogen and oxygen atoms in total. The van der Waals surface area contributed by atoms with Crippen molar-refractivity contribution in [1.82, 2.24) is 5.32 Å². The number of carbonyl (C=O) groups is 1. The number of carbonyl (C=O) groups excluding carboxylic acids is 1. The van der Waals surface area contributed by atoms with Gasteiger partial charge in [-0.25, -0.2) is 0 Å². The Hall–Kier alpha value is -1.27. The van der Waals surface area contributed by atoms with Crippen molar-refractivity contribution in [3.05, 3.63) is 22.2 Å². The van der Waals surface area contributed by atoms with Crippen LogP contribution in [0, 0.1) is 0 Å². The van der Waals surface area contributed by atoms with E-state index in [0.717, 1.165) is 16.5 Å². The number of ether oxygens (including phenoxy) is 2. The van der Waals surface area contributed by atoms with Gasteiger partial charge in [-0.2, -0.15) is 0 Å². The maximum atomic E-state index is 11.7. The normalized spacial score (nSPS) is 15.8. The lowest BCUT2D eigenvalue weighted by molar-refractivity contribution is -0.120. The van der Waals surface area contributed by atoms with Crippen molar-refractivity contribution < 1.29 is 14.3 Å². The lowest BCUT2D eigenvalue weighted by atomic mass is 10.0. The van der Waals surface area contributed by atoms with Crippen LogP contribution in [0.4, 0.5) is 0 Å². The summed E-state index contributed by atoms with van der Waals surface area (Å²) in [7, 11) is 0. The number of hydrogen-bond acceptors (Lipinski definition) is 4. The van der Waals surface area contributed by atoms with E-state index in [1.807, 2.05) is 26.0 Å². The minimum absolute atomic E-state index is 0.141. The Morgan fingerprint density at radius 2 is 2.05 bits per heavy atom. The van der Waals surface area contributed by atoms with Gasteiger partial charge in [0.1, 0.15) is 6.04 Å². The molecular weight excluding hydrogens is 324 g/mol. The van der Waals surface area contributed by atoms with Crippen LogP contribution in [-0.2, 0) is 4.79 Å². The van der Waals surface area contributed by atoms with Crippen molar-refractivity contribution in [2.24, 2.45) is 5.73 Å². The number of fused-ring (bicyclic) bond motifs is 1. The van der Waals surface area contributed by atoms with E-state index in [0.29, 0.717) is 24.7 Å². The third-order valence-electron chi connectivity index (χ3n) is 2.94. The first-order valence-electron chi connectivity index (χ1n) is 6.63. The third kappa shape index (κ3) is 3.43. The Morgan fingerprint density at radius 1 is 1.35 bits per heavy atom. The summed E-state index contributed by atoms with van der Waals surface area (Å²) in [5, 5.41) is 3.15. The van der Waals surface area contributed by atoms with Crippen LogP contribution in [-0.4, -0.2) is 25.2 Å². The monoisotopic (exact) mass is 342 g/mol. The maximum absolute atomic E-state index is 11.7. The molecule has 1 aliphatic heterocycles. The molecule has 20 heavy (non-hydrogen) atoms. The summed E-state index contributed by atoms with van der Waals surface area (Å²) >= 11 is 3.47. The highest BCUT2D eigenvalue weighted by molar-refractivity contribution is 9.10. The fraction of sp³-hybridized carbons (Fsp3) is 0.500.